The van der Waals surface area contributed by atoms with Gasteiger partial charge in [-0.25, -0.2) is 9.18 Å². The van der Waals surface area contributed by atoms with Crippen molar-refractivity contribution in [3.8, 4) is 0 Å². The fourth-order valence-corrected chi connectivity index (χ4v) is 2.21. The van der Waals surface area contributed by atoms with Crippen LogP contribution >= 0.6 is 0 Å². The fraction of sp³-hybridized carbons (Fsp3) is 0.235. The Morgan fingerprint density at radius 1 is 1.23 bits per heavy atom. The average molecular weight is 364 g/mol. The third-order valence-electron chi connectivity index (χ3n) is 3.54. The van der Waals surface area contributed by atoms with Crippen LogP contribution in [0.2, 0.25) is 0 Å². The molecule has 2 unspecified atom stereocenters. The maximum atomic E-state index is 13.1. The molecule has 0 aliphatic rings. The largest absolute Gasteiger partial charge is 0.445 e. The number of carbonyl (C=O) groups is 1. The van der Waals surface area contributed by atoms with Crippen molar-refractivity contribution in [1.82, 2.24) is 5.32 Å². The van der Waals surface area contributed by atoms with Gasteiger partial charge in [-0.2, -0.15) is 0 Å². The first-order chi connectivity index (χ1) is 12.4. The van der Waals surface area contributed by atoms with Gasteiger partial charge >= 0.3 is 6.09 Å². The first kappa shape index (κ1) is 19.3. The Morgan fingerprint density at radius 3 is 2.58 bits per heavy atom. The molecule has 9 heteroatoms. The molecule has 3 N–H and O–H groups in total. The number of halogens is 1. The van der Waals surface area contributed by atoms with Crippen LogP contribution in [0.15, 0.2) is 48.5 Å². The third kappa shape index (κ3) is 5.23. The van der Waals surface area contributed by atoms with Gasteiger partial charge in [-0.05, 0) is 17.7 Å². The van der Waals surface area contributed by atoms with Crippen LogP contribution in [0.3, 0.4) is 0 Å². The summed E-state index contributed by atoms with van der Waals surface area (Å²) in [5.41, 5.74) is -0.156. The molecule has 0 spiro atoms. The van der Waals surface area contributed by atoms with Gasteiger partial charge in [0.25, 0.3) is 5.69 Å². The van der Waals surface area contributed by atoms with Crippen LogP contribution in [0.1, 0.15) is 17.2 Å². The highest BCUT2D eigenvalue weighted by atomic mass is 19.1. The minimum absolute atomic E-state index is 0.0226. The predicted octanol–water partition coefficient (Wildman–Crippen LogP) is 2.05. The standard InChI is InChI=1S/C17H17FN2O6/c18-12-6-7-13(14(8-12)20(24)25)16(22)15(21)9-19-17(23)26-10-11-4-2-1-3-5-11/h1-8,15-16,21-22H,9-10H2,(H,19,23). The van der Waals surface area contributed by atoms with Crippen LogP contribution in [-0.4, -0.2) is 33.9 Å². The number of aliphatic hydroxyl groups is 2. The minimum atomic E-state index is -1.69. The summed E-state index contributed by atoms with van der Waals surface area (Å²) in [6.45, 7) is -0.391. The van der Waals surface area contributed by atoms with Crippen molar-refractivity contribution in [3.63, 3.8) is 0 Å². The molecule has 2 rings (SSSR count). The summed E-state index contributed by atoms with van der Waals surface area (Å²) in [7, 11) is 0. The minimum Gasteiger partial charge on any atom is -0.445 e. The number of alkyl carbamates (subject to hydrolysis) is 1. The number of rotatable bonds is 7. The van der Waals surface area contributed by atoms with E-state index in [4.69, 9.17) is 4.74 Å². The molecule has 0 saturated carbocycles. The summed E-state index contributed by atoms with van der Waals surface area (Å²) in [6, 6.07) is 11.5. The number of aliphatic hydroxyl groups excluding tert-OH is 2. The van der Waals surface area contributed by atoms with E-state index in [2.05, 4.69) is 5.32 Å². The highest BCUT2D eigenvalue weighted by Crippen LogP contribution is 2.27. The Kier molecular flexibility index (Phi) is 6.59. The van der Waals surface area contributed by atoms with Crippen molar-refractivity contribution in [3.05, 3.63) is 75.6 Å². The highest BCUT2D eigenvalue weighted by molar-refractivity contribution is 5.67. The lowest BCUT2D eigenvalue weighted by atomic mass is 10.0. The smallest absolute Gasteiger partial charge is 0.407 e. The molecular formula is C17H17FN2O6. The van der Waals surface area contributed by atoms with E-state index in [0.29, 0.717) is 6.07 Å². The lowest BCUT2D eigenvalue weighted by molar-refractivity contribution is -0.386. The number of hydrogen-bond donors (Lipinski definition) is 3. The van der Waals surface area contributed by atoms with Gasteiger partial charge in [-0.15, -0.1) is 0 Å². The summed E-state index contributed by atoms with van der Waals surface area (Å²) in [4.78, 5) is 21.7. The van der Waals surface area contributed by atoms with E-state index in [1.54, 1.807) is 24.3 Å². The zero-order chi connectivity index (χ0) is 19.1. The molecule has 2 aromatic rings. The maximum absolute atomic E-state index is 13.1. The molecule has 8 nitrogen and oxygen atoms in total. The summed E-state index contributed by atoms with van der Waals surface area (Å²) in [5, 5.41) is 33.2. The Labute approximate surface area is 148 Å². The lowest BCUT2D eigenvalue weighted by Gasteiger charge is -2.18. The van der Waals surface area contributed by atoms with Crippen molar-refractivity contribution < 1.29 is 29.1 Å². The Morgan fingerprint density at radius 2 is 1.92 bits per heavy atom. The number of hydrogen-bond acceptors (Lipinski definition) is 6. The zero-order valence-corrected chi connectivity index (χ0v) is 13.5. The normalized spacial score (nSPS) is 12.9. The second-order valence-corrected chi connectivity index (χ2v) is 5.42. The number of carbonyl (C=O) groups excluding carboxylic acids is 1. The van der Waals surface area contributed by atoms with E-state index in [0.717, 1.165) is 17.7 Å². The zero-order valence-electron chi connectivity index (χ0n) is 13.5. The van der Waals surface area contributed by atoms with Crippen molar-refractivity contribution in [2.24, 2.45) is 0 Å². The summed E-state index contributed by atoms with van der Waals surface area (Å²) < 4.78 is 18.1. The summed E-state index contributed by atoms with van der Waals surface area (Å²) in [6.07, 6.45) is -4.07. The van der Waals surface area contributed by atoms with E-state index in [9.17, 15) is 29.5 Å². The van der Waals surface area contributed by atoms with E-state index in [1.165, 1.54) is 0 Å². The van der Waals surface area contributed by atoms with Crippen LogP contribution < -0.4 is 5.32 Å². The van der Waals surface area contributed by atoms with E-state index >= 15 is 0 Å². The van der Waals surface area contributed by atoms with Crippen molar-refractivity contribution >= 4 is 11.8 Å². The first-order valence-electron chi connectivity index (χ1n) is 7.63. The predicted molar refractivity (Wildman–Crippen MR) is 88.7 cm³/mol. The molecule has 138 valence electrons. The molecule has 1 amide bonds. The molecule has 0 radical (unpaired) electrons. The maximum Gasteiger partial charge on any atom is 0.407 e. The third-order valence-corrected chi connectivity index (χ3v) is 3.54. The average Bonchev–Trinajstić information content (AvgIpc) is 2.64. The molecule has 0 bridgehead atoms. The number of ether oxygens (including phenoxy) is 1. The molecule has 0 aliphatic heterocycles. The fourth-order valence-electron chi connectivity index (χ4n) is 2.21. The molecule has 0 aliphatic carbocycles. The van der Waals surface area contributed by atoms with E-state index in [-0.39, 0.29) is 12.2 Å². The second kappa shape index (κ2) is 8.88. The van der Waals surface area contributed by atoms with Crippen LogP contribution in [0.5, 0.6) is 0 Å². The van der Waals surface area contributed by atoms with Gasteiger partial charge in [0.2, 0.25) is 0 Å². The van der Waals surface area contributed by atoms with E-state index in [1.807, 2.05) is 6.07 Å². The topological polar surface area (TPSA) is 122 Å². The van der Waals surface area contributed by atoms with Crippen LogP contribution in [0.25, 0.3) is 0 Å². The van der Waals surface area contributed by atoms with Crippen LogP contribution in [-0.2, 0) is 11.3 Å². The van der Waals surface area contributed by atoms with Gasteiger partial charge in [0.05, 0.1) is 16.6 Å². The van der Waals surface area contributed by atoms with Crippen LogP contribution in [0.4, 0.5) is 14.9 Å². The van der Waals surface area contributed by atoms with Crippen molar-refractivity contribution in [1.29, 1.82) is 0 Å². The highest BCUT2D eigenvalue weighted by Gasteiger charge is 2.27. The monoisotopic (exact) mass is 364 g/mol. The van der Waals surface area contributed by atoms with Gasteiger partial charge < -0.3 is 20.3 Å². The first-order valence-corrected chi connectivity index (χ1v) is 7.63. The van der Waals surface area contributed by atoms with Gasteiger partial charge in [-0.1, -0.05) is 30.3 Å². The number of nitro groups is 1. The van der Waals surface area contributed by atoms with Gasteiger partial charge in [0.1, 0.15) is 24.6 Å². The Hall–Kier alpha value is -3.04. The van der Waals surface area contributed by atoms with Gasteiger partial charge in [0, 0.05) is 6.54 Å². The second-order valence-electron chi connectivity index (χ2n) is 5.42. The SMILES string of the molecule is O=C(NCC(O)C(O)c1ccc(F)cc1[N+](=O)[O-])OCc1ccccc1. The number of nitro benzene ring substituents is 1. The Bertz CT molecular complexity index is 771. The van der Waals surface area contributed by atoms with Crippen molar-refractivity contribution in [2.75, 3.05) is 6.54 Å². The number of nitrogens with one attached hydrogen (secondary N) is 1. The molecule has 2 aromatic carbocycles. The molecule has 0 heterocycles. The van der Waals surface area contributed by atoms with E-state index < -0.39 is 41.3 Å². The number of benzene rings is 2. The Balaban J connectivity index is 1.90. The lowest BCUT2D eigenvalue weighted by Crippen LogP contribution is -2.36. The summed E-state index contributed by atoms with van der Waals surface area (Å²) >= 11 is 0. The molecule has 0 saturated heterocycles. The quantitative estimate of drug-likeness (QED) is 0.511. The number of amides is 1. The summed E-state index contributed by atoms with van der Waals surface area (Å²) in [5.74, 6) is -0.843. The van der Waals surface area contributed by atoms with Gasteiger partial charge in [-0.3, -0.25) is 10.1 Å². The van der Waals surface area contributed by atoms with Crippen molar-refractivity contribution in [2.45, 2.75) is 18.8 Å². The van der Waals surface area contributed by atoms with Crippen LogP contribution in [0, 0.1) is 15.9 Å². The molecular weight excluding hydrogens is 347 g/mol. The number of nitrogens with zero attached hydrogens (tertiary/aromatic N) is 1. The van der Waals surface area contributed by atoms with Gasteiger partial charge in [0.15, 0.2) is 0 Å². The molecule has 2 atom stereocenters. The molecule has 0 aromatic heterocycles. The molecule has 26 heavy (non-hydrogen) atoms. The molecule has 0 fully saturated rings.